The average molecular weight is 486 g/mol. The molecule has 0 aliphatic carbocycles. The summed E-state index contributed by atoms with van der Waals surface area (Å²) in [5.74, 6) is 0.396. The molecule has 0 saturated carbocycles. The molecule has 0 unspecified atom stereocenters. The fourth-order valence-corrected chi connectivity index (χ4v) is 5.54. The topological polar surface area (TPSA) is 60.8 Å². The lowest BCUT2D eigenvalue weighted by Gasteiger charge is -2.42. The number of likely N-dealkylation sites (tertiary alicyclic amines) is 1. The van der Waals surface area contributed by atoms with E-state index >= 15 is 0 Å². The van der Waals surface area contributed by atoms with Crippen molar-refractivity contribution in [2.24, 2.45) is 5.92 Å². The van der Waals surface area contributed by atoms with E-state index in [2.05, 4.69) is 4.90 Å². The van der Waals surface area contributed by atoms with E-state index in [1.54, 1.807) is 6.07 Å². The highest BCUT2D eigenvalue weighted by Gasteiger charge is 2.41. The number of nitrogens with zero attached hydrogens (tertiary/aromatic N) is 1. The number of ketones is 1. The molecule has 1 aliphatic rings. The molecular weight excluding hydrogens is 446 g/mol. The zero-order valence-electron chi connectivity index (χ0n) is 21.8. The Hall–Kier alpha value is -2.95. The van der Waals surface area contributed by atoms with Crippen LogP contribution in [0.2, 0.25) is 0 Å². The molecule has 0 spiro atoms. The van der Waals surface area contributed by atoms with Crippen LogP contribution < -0.4 is 0 Å². The van der Waals surface area contributed by atoms with Gasteiger partial charge in [-0.1, -0.05) is 93.6 Å². The van der Waals surface area contributed by atoms with E-state index in [9.17, 15) is 15.0 Å². The van der Waals surface area contributed by atoms with E-state index in [4.69, 9.17) is 0 Å². The van der Waals surface area contributed by atoms with Crippen molar-refractivity contribution >= 4 is 5.78 Å². The smallest absolute Gasteiger partial charge is 0.163 e. The van der Waals surface area contributed by atoms with Crippen LogP contribution in [0.4, 0.5) is 0 Å². The summed E-state index contributed by atoms with van der Waals surface area (Å²) < 4.78 is 0. The third kappa shape index (κ3) is 5.71. The number of carbonyl (C=O) groups excluding carboxylic acids is 1. The van der Waals surface area contributed by atoms with Gasteiger partial charge in [0.05, 0.1) is 0 Å². The van der Waals surface area contributed by atoms with Crippen molar-refractivity contribution in [1.82, 2.24) is 4.90 Å². The molecule has 3 aromatic carbocycles. The molecule has 190 valence electrons. The monoisotopic (exact) mass is 485 g/mol. The lowest BCUT2D eigenvalue weighted by Crippen LogP contribution is -2.44. The quantitative estimate of drug-likeness (QED) is 0.368. The first-order valence-electron chi connectivity index (χ1n) is 13.1. The minimum Gasteiger partial charge on any atom is -0.508 e. The van der Waals surface area contributed by atoms with Crippen LogP contribution in [0.1, 0.15) is 73.5 Å². The molecule has 0 radical (unpaired) electrons. The highest BCUT2D eigenvalue weighted by molar-refractivity contribution is 5.96. The number of hydrogen-bond acceptors (Lipinski definition) is 4. The molecule has 0 bridgehead atoms. The van der Waals surface area contributed by atoms with Gasteiger partial charge in [-0.25, -0.2) is 0 Å². The number of hydrogen-bond donors (Lipinski definition) is 2. The van der Waals surface area contributed by atoms with E-state index in [0.717, 1.165) is 55.6 Å². The molecule has 1 saturated heterocycles. The normalized spacial score (nSPS) is 15.7. The van der Waals surface area contributed by atoms with Crippen molar-refractivity contribution in [2.45, 2.75) is 57.5 Å². The Balaban J connectivity index is 1.33. The first-order valence-corrected chi connectivity index (χ1v) is 13.1. The molecule has 0 amide bonds. The minimum absolute atomic E-state index is 0.0724. The van der Waals surface area contributed by atoms with E-state index < -0.39 is 5.60 Å². The summed E-state index contributed by atoms with van der Waals surface area (Å²) in [6.45, 7) is 8.82. The highest BCUT2D eigenvalue weighted by atomic mass is 16.3. The fraction of sp³-hybridized carbons (Fsp3) is 0.406. The van der Waals surface area contributed by atoms with Gasteiger partial charge in [-0.05, 0) is 73.0 Å². The molecule has 36 heavy (non-hydrogen) atoms. The number of aromatic hydroxyl groups is 1. The first kappa shape index (κ1) is 26.1. The van der Waals surface area contributed by atoms with Gasteiger partial charge in [0.15, 0.2) is 5.78 Å². The van der Waals surface area contributed by atoms with Gasteiger partial charge < -0.3 is 15.1 Å². The Morgan fingerprint density at radius 1 is 0.889 bits per heavy atom. The summed E-state index contributed by atoms with van der Waals surface area (Å²) >= 11 is 0. The molecule has 0 atom stereocenters. The summed E-state index contributed by atoms with van der Waals surface area (Å²) in [7, 11) is 0. The first-order chi connectivity index (χ1) is 17.2. The Morgan fingerprint density at radius 2 is 1.44 bits per heavy atom. The van der Waals surface area contributed by atoms with Gasteiger partial charge in [-0.15, -0.1) is 0 Å². The maximum absolute atomic E-state index is 12.7. The van der Waals surface area contributed by atoms with Gasteiger partial charge >= 0.3 is 0 Å². The van der Waals surface area contributed by atoms with Crippen LogP contribution in [-0.4, -0.2) is 40.5 Å². The molecule has 1 aliphatic heterocycles. The number of piperidine rings is 1. The maximum Gasteiger partial charge on any atom is 0.163 e. The average Bonchev–Trinajstić information content (AvgIpc) is 2.89. The maximum atomic E-state index is 12.7. The van der Waals surface area contributed by atoms with E-state index in [1.807, 2.05) is 93.6 Å². The molecule has 3 aromatic rings. The number of carbonyl (C=O) groups is 1. The van der Waals surface area contributed by atoms with Gasteiger partial charge in [0, 0.05) is 12.0 Å². The van der Waals surface area contributed by atoms with E-state index in [1.165, 1.54) is 0 Å². The Labute approximate surface area is 215 Å². The molecular formula is C32H39NO3. The minimum atomic E-state index is -1.01. The van der Waals surface area contributed by atoms with Crippen molar-refractivity contribution in [2.75, 3.05) is 19.6 Å². The van der Waals surface area contributed by atoms with Crippen LogP contribution in [0.5, 0.6) is 5.75 Å². The molecule has 0 aromatic heterocycles. The third-order valence-corrected chi connectivity index (χ3v) is 7.61. The highest BCUT2D eigenvalue weighted by Crippen LogP contribution is 2.42. The third-order valence-electron chi connectivity index (χ3n) is 7.61. The van der Waals surface area contributed by atoms with Gasteiger partial charge in [0.1, 0.15) is 11.4 Å². The molecule has 2 N–H and O–H groups in total. The van der Waals surface area contributed by atoms with Gasteiger partial charge in [-0.2, -0.15) is 0 Å². The standard InChI is InChI=1S/C32H39NO3/c1-31(2,3)28-17-16-24(23-30(28)35)29(34)15-10-20-33-21-18-27(19-22-33)32(36,25-11-6-4-7-12-25)26-13-8-5-9-14-26/h4-9,11-14,16-17,23,27,35-36H,10,15,18-22H2,1-3H3. The summed E-state index contributed by atoms with van der Waals surface area (Å²) in [6, 6.07) is 25.4. The number of Topliss-reactive ketones (excluding diaryl/α,β-unsaturated/α-hetero) is 1. The number of phenols is 1. The number of aliphatic hydroxyl groups is 1. The van der Waals surface area contributed by atoms with Crippen LogP contribution in [0.3, 0.4) is 0 Å². The number of benzene rings is 3. The lowest BCUT2D eigenvalue weighted by molar-refractivity contribution is -0.0142. The SMILES string of the molecule is CC(C)(C)c1ccc(C(=O)CCCN2CCC(C(O)(c3ccccc3)c3ccccc3)CC2)cc1O. The summed E-state index contributed by atoms with van der Waals surface area (Å²) in [5, 5.41) is 22.4. The summed E-state index contributed by atoms with van der Waals surface area (Å²) in [4.78, 5) is 15.1. The zero-order chi connectivity index (χ0) is 25.8. The molecule has 1 fully saturated rings. The van der Waals surface area contributed by atoms with E-state index in [-0.39, 0.29) is 22.9 Å². The fourth-order valence-electron chi connectivity index (χ4n) is 5.54. The van der Waals surface area contributed by atoms with Crippen molar-refractivity contribution in [3.05, 3.63) is 101 Å². The van der Waals surface area contributed by atoms with Crippen LogP contribution in [-0.2, 0) is 11.0 Å². The van der Waals surface area contributed by atoms with Gasteiger partial charge in [0.2, 0.25) is 0 Å². The molecule has 4 heteroatoms. The van der Waals surface area contributed by atoms with Crippen molar-refractivity contribution < 1.29 is 15.0 Å². The molecule has 4 rings (SSSR count). The van der Waals surface area contributed by atoms with Gasteiger partial charge in [-0.3, -0.25) is 4.79 Å². The number of rotatable bonds is 8. The second-order valence-corrected chi connectivity index (χ2v) is 11.1. The van der Waals surface area contributed by atoms with Crippen LogP contribution >= 0.6 is 0 Å². The van der Waals surface area contributed by atoms with Crippen molar-refractivity contribution in [1.29, 1.82) is 0 Å². The molecule has 1 heterocycles. The largest absolute Gasteiger partial charge is 0.508 e. The van der Waals surface area contributed by atoms with Crippen LogP contribution in [0.15, 0.2) is 78.9 Å². The summed E-state index contributed by atoms with van der Waals surface area (Å²) in [5.41, 5.74) is 2.15. The van der Waals surface area contributed by atoms with E-state index in [0.29, 0.717) is 12.0 Å². The molecule has 4 nitrogen and oxygen atoms in total. The van der Waals surface area contributed by atoms with Crippen LogP contribution in [0.25, 0.3) is 0 Å². The van der Waals surface area contributed by atoms with Crippen molar-refractivity contribution in [3.63, 3.8) is 0 Å². The Morgan fingerprint density at radius 3 is 1.94 bits per heavy atom. The Bertz CT molecular complexity index is 1100. The van der Waals surface area contributed by atoms with Gasteiger partial charge in [0.25, 0.3) is 0 Å². The lowest BCUT2D eigenvalue weighted by atomic mass is 9.72. The zero-order valence-corrected chi connectivity index (χ0v) is 21.8. The predicted molar refractivity (Wildman–Crippen MR) is 145 cm³/mol. The summed E-state index contributed by atoms with van der Waals surface area (Å²) in [6.07, 6.45) is 3.05. The second kappa shape index (κ2) is 11.0. The van der Waals surface area contributed by atoms with Crippen molar-refractivity contribution in [3.8, 4) is 5.75 Å². The predicted octanol–water partition coefficient (Wildman–Crippen LogP) is 6.30. The Kier molecular flexibility index (Phi) is 7.97. The number of phenolic OH excluding ortho intramolecular Hbond substituents is 1. The van der Waals surface area contributed by atoms with Crippen LogP contribution in [0, 0.1) is 5.92 Å². The second-order valence-electron chi connectivity index (χ2n) is 11.1.